The third-order valence-electron chi connectivity index (χ3n) is 3.92. The summed E-state index contributed by atoms with van der Waals surface area (Å²) in [5, 5.41) is 3.39. The van der Waals surface area contributed by atoms with Crippen LogP contribution < -0.4 is 10.2 Å². The summed E-state index contributed by atoms with van der Waals surface area (Å²) in [5.41, 5.74) is 4.18. The molecule has 0 spiro atoms. The van der Waals surface area contributed by atoms with Gasteiger partial charge in [0.25, 0.3) is 0 Å². The predicted octanol–water partition coefficient (Wildman–Crippen LogP) is 3.09. The van der Waals surface area contributed by atoms with Crippen molar-refractivity contribution in [1.29, 1.82) is 0 Å². The number of anilines is 1. The molecule has 1 aliphatic rings. The SMILES string of the molecule is CCNCc1ccc(N(C)C2CCC2)cc1C. The van der Waals surface area contributed by atoms with E-state index < -0.39 is 0 Å². The third kappa shape index (κ3) is 2.81. The van der Waals surface area contributed by atoms with Gasteiger partial charge in [0.05, 0.1) is 0 Å². The molecule has 0 aromatic heterocycles. The molecule has 2 rings (SSSR count). The molecule has 2 nitrogen and oxygen atoms in total. The molecule has 1 aliphatic carbocycles. The van der Waals surface area contributed by atoms with E-state index in [0.29, 0.717) is 0 Å². The van der Waals surface area contributed by atoms with E-state index in [-0.39, 0.29) is 0 Å². The first kappa shape index (κ1) is 12.4. The van der Waals surface area contributed by atoms with Gasteiger partial charge in [0, 0.05) is 25.3 Å². The molecular weight excluding hydrogens is 208 g/mol. The van der Waals surface area contributed by atoms with E-state index >= 15 is 0 Å². The second-order valence-electron chi connectivity index (χ2n) is 5.09. The molecule has 0 heterocycles. The van der Waals surface area contributed by atoms with Crippen LogP contribution in [0.5, 0.6) is 0 Å². The lowest BCUT2D eigenvalue weighted by Crippen LogP contribution is -2.37. The molecule has 1 N–H and O–H groups in total. The molecule has 17 heavy (non-hydrogen) atoms. The Morgan fingerprint density at radius 1 is 1.35 bits per heavy atom. The van der Waals surface area contributed by atoms with Crippen LogP contribution in [-0.2, 0) is 6.54 Å². The highest BCUT2D eigenvalue weighted by molar-refractivity contribution is 5.51. The first-order chi connectivity index (χ1) is 8.22. The maximum atomic E-state index is 3.39. The van der Waals surface area contributed by atoms with Crippen LogP contribution >= 0.6 is 0 Å². The van der Waals surface area contributed by atoms with Crippen molar-refractivity contribution in [2.75, 3.05) is 18.5 Å². The maximum Gasteiger partial charge on any atom is 0.0368 e. The Bertz CT molecular complexity index is 369. The molecule has 1 aromatic carbocycles. The lowest BCUT2D eigenvalue weighted by molar-refractivity contribution is 0.401. The predicted molar refractivity (Wildman–Crippen MR) is 74.6 cm³/mol. The Morgan fingerprint density at radius 2 is 2.12 bits per heavy atom. The van der Waals surface area contributed by atoms with Gasteiger partial charge in [-0.05, 0) is 56.0 Å². The van der Waals surface area contributed by atoms with Gasteiger partial charge in [0.1, 0.15) is 0 Å². The lowest BCUT2D eigenvalue weighted by atomic mass is 9.91. The van der Waals surface area contributed by atoms with Gasteiger partial charge in [0.2, 0.25) is 0 Å². The summed E-state index contributed by atoms with van der Waals surface area (Å²) in [6, 6.07) is 7.62. The molecule has 0 atom stereocenters. The first-order valence-corrected chi connectivity index (χ1v) is 6.75. The summed E-state index contributed by atoms with van der Waals surface area (Å²) in [7, 11) is 2.22. The number of nitrogens with zero attached hydrogens (tertiary/aromatic N) is 1. The van der Waals surface area contributed by atoms with E-state index in [1.165, 1.54) is 36.1 Å². The van der Waals surface area contributed by atoms with Gasteiger partial charge in [0.15, 0.2) is 0 Å². The molecule has 0 aliphatic heterocycles. The quantitative estimate of drug-likeness (QED) is 0.839. The topological polar surface area (TPSA) is 15.3 Å². The van der Waals surface area contributed by atoms with Gasteiger partial charge in [-0.1, -0.05) is 13.0 Å². The number of aryl methyl sites for hydroxylation is 1. The summed E-state index contributed by atoms with van der Waals surface area (Å²) in [6.07, 6.45) is 4.11. The molecule has 94 valence electrons. The van der Waals surface area contributed by atoms with E-state index in [2.05, 4.69) is 49.3 Å². The fraction of sp³-hybridized carbons (Fsp3) is 0.600. The third-order valence-corrected chi connectivity index (χ3v) is 3.92. The molecule has 0 saturated heterocycles. The first-order valence-electron chi connectivity index (χ1n) is 6.75. The molecule has 0 unspecified atom stereocenters. The molecule has 0 bridgehead atoms. The molecule has 2 heteroatoms. The van der Waals surface area contributed by atoms with Crippen molar-refractivity contribution in [3.8, 4) is 0 Å². The number of benzene rings is 1. The number of rotatable bonds is 5. The summed E-state index contributed by atoms with van der Waals surface area (Å²) >= 11 is 0. The van der Waals surface area contributed by atoms with Crippen molar-refractivity contribution in [2.24, 2.45) is 0 Å². The highest BCUT2D eigenvalue weighted by atomic mass is 15.1. The van der Waals surface area contributed by atoms with Crippen LogP contribution in [0, 0.1) is 6.92 Å². The zero-order chi connectivity index (χ0) is 12.3. The molecular formula is C15H24N2. The second-order valence-corrected chi connectivity index (χ2v) is 5.09. The Hall–Kier alpha value is -1.02. The summed E-state index contributed by atoms with van der Waals surface area (Å²) in [4.78, 5) is 2.44. The fourth-order valence-electron chi connectivity index (χ4n) is 2.34. The Morgan fingerprint density at radius 3 is 2.65 bits per heavy atom. The van der Waals surface area contributed by atoms with Crippen LogP contribution in [0.25, 0.3) is 0 Å². The van der Waals surface area contributed by atoms with E-state index in [1.807, 2.05) is 0 Å². The molecule has 1 aromatic rings. The zero-order valence-corrected chi connectivity index (χ0v) is 11.3. The average Bonchev–Trinajstić information content (AvgIpc) is 2.25. The van der Waals surface area contributed by atoms with E-state index in [4.69, 9.17) is 0 Å². The van der Waals surface area contributed by atoms with Crippen molar-refractivity contribution in [1.82, 2.24) is 5.32 Å². The maximum absolute atomic E-state index is 3.39. The van der Waals surface area contributed by atoms with Crippen molar-refractivity contribution in [3.63, 3.8) is 0 Å². The van der Waals surface area contributed by atoms with Crippen LogP contribution in [0.15, 0.2) is 18.2 Å². The van der Waals surface area contributed by atoms with Crippen molar-refractivity contribution < 1.29 is 0 Å². The van der Waals surface area contributed by atoms with E-state index in [9.17, 15) is 0 Å². The fourth-order valence-corrected chi connectivity index (χ4v) is 2.34. The van der Waals surface area contributed by atoms with E-state index in [1.54, 1.807) is 0 Å². The Balaban J connectivity index is 2.06. The summed E-state index contributed by atoms with van der Waals surface area (Å²) in [6.45, 7) is 6.37. The van der Waals surface area contributed by atoms with Crippen molar-refractivity contribution >= 4 is 5.69 Å². The molecule has 0 radical (unpaired) electrons. The number of hydrogen-bond acceptors (Lipinski definition) is 2. The summed E-state index contributed by atoms with van der Waals surface area (Å²) in [5.74, 6) is 0. The largest absolute Gasteiger partial charge is 0.372 e. The molecule has 0 amide bonds. The standard InChI is InChI=1S/C15H24N2/c1-4-16-11-13-8-9-15(10-12(13)2)17(3)14-6-5-7-14/h8-10,14,16H,4-7,11H2,1-3H3. The zero-order valence-electron chi connectivity index (χ0n) is 11.3. The van der Waals surface area contributed by atoms with Crippen LogP contribution in [-0.4, -0.2) is 19.6 Å². The molecule has 1 saturated carbocycles. The van der Waals surface area contributed by atoms with Crippen LogP contribution in [0.3, 0.4) is 0 Å². The van der Waals surface area contributed by atoms with Crippen LogP contribution in [0.4, 0.5) is 5.69 Å². The van der Waals surface area contributed by atoms with Gasteiger partial charge in [-0.2, -0.15) is 0 Å². The Kier molecular flexibility index (Phi) is 4.06. The number of nitrogens with one attached hydrogen (secondary N) is 1. The van der Waals surface area contributed by atoms with Crippen molar-refractivity contribution in [2.45, 2.75) is 45.7 Å². The normalized spacial score (nSPS) is 15.7. The van der Waals surface area contributed by atoms with E-state index in [0.717, 1.165) is 19.1 Å². The van der Waals surface area contributed by atoms with Crippen LogP contribution in [0.2, 0.25) is 0 Å². The minimum Gasteiger partial charge on any atom is -0.372 e. The lowest BCUT2D eigenvalue weighted by Gasteiger charge is -2.36. The second kappa shape index (κ2) is 5.54. The van der Waals surface area contributed by atoms with Gasteiger partial charge < -0.3 is 10.2 Å². The van der Waals surface area contributed by atoms with Gasteiger partial charge >= 0.3 is 0 Å². The highest BCUT2D eigenvalue weighted by Gasteiger charge is 2.22. The van der Waals surface area contributed by atoms with Gasteiger partial charge in [-0.15, -0.1) is 0 Å². The average molecular weight is 232 g/mol. The smallest absolute Gasteiger partial charge is 0.0368 e. The van der Waals surface area contributed by atoms with Gasteiger partial charge in [-0.25, -0.2) is 0 Å². The van der Waals surface area contributed by atoms with Crippen molar-refractivity contribution in [3.05, 3.63) is 29.3 Å². The Labute approximate surface area is 105 Å². The van der Waals surface area contributed by atoms with Gasteiger partial charge in [-0.3, -0.25) is 0 Å². The minimum absolute atomic E-state index is 0.772. The van der Waals surface area contributed by atoms with Crippen LogP contribution in [0.1, 0.15) is 37.3 Å². The summed E-state index contributed by atoms with van der Waals surface area (Å²) < 4.78 is 0. The number of hydrogen-bond donors (Lipinski definition) is 1. The minimum atomic E-state index is 0.772. The highest BCUT2D eigenvalue weighted by Crippen LogP contribution is 2.29. The molecule has 1 fully saturated rings. The monoisotopic (exact) mass is 232 g/mol.